The molecule has 1 rings (SSSR count). The lowest BCUT2D eigenvalue weighted by Crippen LogP contribution is -2.00. The summed E-state index contributed by atoms with van der Waals surface area (Å²) in [6.45, 7) is 0.191. The molecule has 0 bridgehead atoms. The van der Waals surface area contributed by atoms with Gasteiger partial charge in [-0.1, -0.05) is 12.1 Å². The van der Waals surface area contributed by atoms with Gasteiger partial charge in [-0.2, -0.15) is 0 Å². The summed E-state index contributed by atoms with van der Waals surface area (Å²) < 4.78 is 4.53. The van der Waals surface area contributed by atoms with E-state index in [1.807, 2.05) is 0 Å². The van der Waals surface area contributed by atoms with Crippen molar-refractivity contribution < 1.29 is 19.5 Å². The van der Waals surface area contributed by atoms with Crippen molar-refractivity contribution in [1.29, 1.82) is 0 Å². The molecule has 0 unspecified atom stereocenters. The molecule has 1 aromatic carbocycles. The van der Waals surface area contributed by atoms with Gasteiger partial charge in [-0.3, -0.25) is 4.79 Å². The zero-order valence-electron chi connectivity index (χ0n) is 7.08. The maximum absolute atomic E-state index is 9.94. The summed E-state index contributed by atoms with van der Waals surface area (Å²) in [4.78, 5) is 23.9. The third-order valence-electron chi connectivity index (χ3n) is 1.44. The summed E-state index contributed by atoms with van der Waals surface area (Å²) >= 11 is 0. The van der Waals surface area contributed by atoms with E-state index in [0.29, 0.717) is 17.8 Å². The molecule has 0 aliphatic heterocycles. The molecule has 0 N–H and O–H groups in total. The fourth-order valence-corrected chi connectivity index (χ4v) is 0.847. The summed E-state index contributed by atoms with van der Waals surface area (Å²) in [7, 11) is 0. The minimum absolute atomic E-state index is 0.117. The van der Waals surface area contributed by atoms with Crippen LogP contribution in [-0.4, -0.2) is 11.6 Å². The van der Waals surface area contributed by atoms with Gasteiger partial charge in [0.1, 0.15) is 12.4 Å². The zero-order chi connectivity index (χ0) is 10.4. The lowest BCUT2D eigenvalue weighted by atomic mass is 10.2. The number of ether oxygens (including phenoxy) is 1. The van der Waals surface area contributed by atoms with Crippen LogP contribution in [0.25, 0.3) is 0 Å². The number of hydrogen-bond acceptors (Lipinski definition) is 5. The molecular formula is C8H7NO5. The van der Waals surface area contributed by atoms with E-state index in [4.69, 9.17) is 0 Å². The molecule has 0 aliphatic carbocycles. The Morgan fingerprint density at radius 2 is 2.00 bits per heavy atom. The van der Waals surface area contributed by atoms with Gasteiger partial charge < -0.3 is 9.57 Å². The molecule has 74 valence electrons. The van der Waals surface area contributed by atoms with Gasteiger partial charge in [0, 0.05) is 0 Å². The average molecular weight is 197 g/mol. The van der Waals surface area contributed by atoms with Gasteiger partial charge in [-0.25, -0.2) is 0 Å². The van der Waals surface area contributed by atoms with E-state index in [0.717, 1.165) is 0 Å². The van der Waals surface area contributed by atoms with Crippen LogP contribution in [0.3, 0.4) is 0 Å². The molecule has 0 saturated heterocycles. The van der Waals surface area contributed by atoms with E-state index < -0.39 is 5.09 Å². The lowest BCUT2D eigenvalue weighted by Gasteiger charge is -2.00. The molecule has 0 saturated carbocycles. The molecule has 6 nitrogen and oxygen atoms in total. The summed E-state index contributed by atoms with van der Waals surface area (Å²) in [5, 5.41) is 8.99. The van der Waals surface area contributed by atoms with Crippen molar-refractivity contribution >= 4 is 6.47 Å². The van der Waals surface area contributed by atoms with Crippen molar-refractivity contribution in [2.45, 2.75) is 6.61 Å². The summed E-state index contributed by atoms with van der Waals surface area (Å²) in [5.74, 6) is 0.379. The SMILES string of the molecule is O=COc1ccc(CO[N+](=O)[O-])cc1. The first kappa shape index (κ1) is 9.97. The minimum Gasteiger partial charge on any atom is -0.429 e. The number of carbonyl (C=O) groups is 1. The molecule has 0 spiro atoms. The first-order valence-corrected chi connectivity index (χ1v) is 3.69. The van der Waals surface area contributed by atoms with Crippen LogP contribution in [0.2, 0.25) is 0 Å². The maximum Gasteiger partial charge on any atom is 0.298 e. The Balaban J connectivity index is 2.54. The van der Waals surface area contributed by atoms with Crippen LogP contribution in [0, 0.1) is 10.1 Å². The molecule has 0 fully saturated rings. The van der Waals surface area contributed by atoms with Gasteiger partial charge in [-0.05, 0) is 17.7 Å². The Morgan fingerprint density at radius 1 is 1.36 bits per heavy atom. The fraction of sp³-hybridized carbons (Fsp3) is 0.125. The molecule has 0 amide bonds. The molecule has 1 aromatic rings. The Morgan fingerprint density at radius 3 is 2.50 bits per heavy atom. The highest BCUT2D eigenvalue weighted by molar-refractivity contribution is 5.45. The van der Waals surface area contributed by atoms with Crippen LogP contribution >= 0.6 is 0 Å². The highest BCUT2D eigenvalue weighted by atomic mass is 16.9. The van der Waals surface area contributed by atoms with Crippen molar-refractivity contribution in [1.82, 2.24) is 0 Å². The van der Waals surface area contributed by atoms with Gasteiger partial charge in [0.05, 0.1) is 0 Å². The molecule has 0 radical (unpaired) electrons. The molecule has 0 aromatic heterocycles. The van der Waals surface area contributed by atoms with Crippen molar-refractivity contribution in [3.8, 4) is 5.75 Å². The molecule has 0 heterocycles. The fourth-order valence-electron chi connectivity index (χ4n) is 0.847. The standard InChI is InChI=1S/C8H7NO5/c10-6-13-8-3-1-7(2-4-8)5-14-9(11)12/h1-4,6H,5H2. The topological polar surface area (TPSA) is 78.7 Å². The monoisotopic (exact) mass is 197 g/mol. The van der Waals surface area contributed by atoms with Gasteiger partial charge in [-0.15, -0.1) is 10.1 Å². The van der Waals surface area contributed by atoms with E-state index in [-0.39, 0.29) is 6.61 Å². The number of rotatable bonds is 5. The summed E-state index contributed by atoms with van der Waals surface area (Å²) in [6.07, 6.45) is 0. The Labute approximate surface area is 79.2 Å². The number of carbonyl (C=O) groups excluding carboxylic acids is 1. The van der Waals surface area contributed by atoms with Crippen molar-refractivity contribution in [2.75, 3.05) is 0 Å². The van der Waals surface area contributed by atoms with Gasteiger partial charge >= 0.3 is 0 Å². The van der Waals surface area contributed by atoms with Crippen molar-refractivity contribution in [2.24, 2.45) is 0 Å². The highest BCUT2D eigenvalue weighted by Gasteiger charge is 1.98. The van der Waals surface area contributed by atoms with Crippen LogP contribution in [0.15, 0.2) is 24.3 Å². The quantitative estimate of drug-likeness (QED) is 0.398. The highest BCUT2D eigenvalue weighted by Crippen LogP contribution is 2.11. The van der Waals surface area contributed by atoms with Crippen LogP contribution in [0.4, 0.5) is 0 Å². The minimum atomic E-state index is -0.865. The maximum atomic E-state index is 9.94. The van der Waals surface area contributed by atoms with E-state index >= 15 is 0 Å². The number of benzene rings is 1. The van der Waals surface area contributed by atoms with Crippen LogP contribution in [0.5, 0.6) is 5.75 Å². The van der Waals surface area contributed by atoms with Gasteiger partial charge in [0.2, 0.25) is 0 Å². The van der Waals surface area contributed by atoms with Gasteiger partial charge in [0.25, 0.3) is 11.6 Å². The van der Waals surface area contributed by atoms with Crippen LogP contribution in [-0.2, 0) is 16.2 Å². The Kier molecular flexibility index (Phi) is 3.42. The number of hydrogen-bond donors (Lipinski definition) is 0. The van der Waals surface area contributed by atoms with E-state index in [1.165, 1.54) is 12.1 Å². The molecular weight excluding hydrogens is 190 g/mol. The van der Waals surface area contributed by atoms with Crippen LogP contribution < -0.4 is 4.74 Å². The second-order valence-corrected chi connectivity index (χ2v) is 2.36. The predicted molar refractivity (Wildman–Crippen MR) is 44.9 cm³/mol. The van der Waals surface area contributed by atoms with Crippen molar-refractivity contribution in [3.63, 3.8) is 0 Å². The van der Waals surface area contributed by atoms with Crippen molar-refractivity contribution in [3.05, 3.63) is 39.9 Å². The largest absolute Gasteiger partial charge is 0.429 e. The van der Waals surface area contributed by atoms with Crippen LogP contribution in [0.1, 0.15) is 5.56 Å². The Hall–Kier alpha value is -2.11. The molecule has 6 heteroatoms. The summed E-state index contributed by atoms with van der Waals surface area (Å²) in [5.41, 5.74) is 0.625. The third kappa shape index (κ3) is 3.10. The van der Waals surface area contributed by atoms with Gasteiger partial charge in [0.15, 0.2) is 0 Å². The number of nitrogens with zero attached hydrogens (tertiary/aromatic N) is 1. The smallest absolute Gasteiger partial charge is 0.298 e. The average Bonchev–Trinajstić information content (AvgIpc) is 2.17. The first-order chi connectivity index (χ1) is 6.72. The molecule has 0 aliphatic rings. The Bertz CT molecular complexity index is 321. The predicted octanol–water partition coefficient (Wildman–Crippen LogP) is 0.930. The molecule has 0 atom stereocenters. The lowest BCUT2D eigenvalue weighted by molar-refractivity contribution is -0.763. The summed E-state index contributed by atoms with van der Waals surface area (Å²) in [6, 6.07) is 6.19. The zero-order valence-corrected chi connectivity index (χ0v) is 7.08. The third-order valence-corrected chi connectivity index (χ3v) is 1.44. The van der Waals surface area contributed by atoms with E-state index in [9.17, 15) is 14.9 Å². The second-order valence-electron chi connectivity index (χ2n) is 2.36. The van der Waals surface area contributed by atoms with E-state index in [1.54, 1.807) is 12.1 Å². The second kappa shape index (κ2) is 4.80. The normalized spacial score (nSPS) is 9.14. The van der Waals surface area contributed by atoms with E-state index in [2.05, 4.69) is 9.57 Å². The molecule has 14 heavy (non-hydrogen) atoms. The first-order valence-electron chi connectivity index (χ1n) is 3.69.